The lowest BCUT2D eigenvalue weighted by molar-refractivity contribution is -0.161. The lowest BCUT2D eigenvalue weighted by atomic mass is 10.2. The van der Waals surface area contributed by atoms with Gasteiger partial charge in [-0.25, -0.2) is 4.39 Å². The third kappa shape index (κ3) is 7.98. The number of rotatable bonds is 9. The number of nitrogens with one attached hydrogen (secondary N) is 1. The van der Waals surface area contributed by atoms with Crippen molar-refractivity contribution in [3.05, 3.63) is 53.1 Å². The Balaban J connectivity index is 1.41. The van der Waals surface area contributed by atoms with Crippen molar-refractivity contribution in [3.63, 3.8) is 0 Å². The maximum Gasteiger partial charge on any atom is 0.401 e. The summed E-state index contributed by atoms with van der Waals surface area (Å²) in [5.74, 6) is -0.693. The highest BCUT2D eigenvalue weighted by Gasteiger charge is 2.35. The SMILES string of the molecule is C=C(CCc1nnc(C2CN(CC(F)(F)F)CCO2)o1)NC(=O)COc1ccc(Cl)c(F)c1. The number of amides is 1. The fourth-order valence-electron chi connectivity index (χ4n) is 3.02. The lowest BCUT2D eigenvalue weighted by Crippen LogP contribution is -2.43. The number of ether oxygens (including phenoxy) is 2. The summed E-state index contributed by atoms with van der Waals surface area (Å²) in [6.07, 6.45) is -4.54. The molecule has 1 amide bonds. The number of alkyl halides is 3. The molecule has 1 atom stereocenters. The van der Waals surface area contributed by atoms with Crippen LogP contribution < -0.4 is 10.1 Å². The van der Waals surface area contributed by atoms with Crippen molar-refractivity contribution in [1.82, 2.24) is 20.4 Å². The van der Waals surface area contributed by atoms with Gasteiger partial charge in [-0.05, 0) is 18.6 Å². The number of morpholine rings is 1. The van der Waals surface area contributed by atoms with Crippen molar-refractivity contribution >= 4 is 17.5 Å². The molecule has 0 saturated carbocycles. The van der Waals surface area contributed by atoms with Gasteiger partial charge in [-0.15, -0.1) is 10.2 Å². The van der Waals surface area contributed by atoms with Gasteiger partial charge in [-0.1, -0.05) is 18.2 Å². The van der Waals surface area contributed by atoms with Crippen molar-refractivity contribution in [2.24, 2.45) is 0 Å². The van der Waals surface area contributed by atoms with E-state index < -0.39 is 30.5 Å². The van der Waals surface area contributed by atoms with Gasteiger partial charge in [0.2, 0.25) is 11.8 Å². The van der Waals surface area contributed by atoms with Gasteiger partial charge in [0.15, 0.2) is 6.61 Å². The second-order valence-corrected chi connectivity index (χ2v) is 7.67. The number of allylic oxidation sites excluding steroid dienone is 1. The molecule has 1 aliphatic heterocycles. The Bertz CT molecular complexity index is 985. The number of benzene rings is 1. The first-order chi connectivity index (χ1) is 15.6. The van der Waals surface area contributed by atoms with Gasteiger partial charge in [0.25, 0.3) is 5.91 Å². The van der Waals surface area contributed by atoms with Crippen molar-refractivity contribution < 1.29 is 36.2 Å². The van der Waals surface area contributed by atoms with Crippen LogP contribution in [0.15, 0.2) is 34.9 Å². The molecule has 1 aromatic heterocycles. The first kappa shape index (κ1) is 24.9. The highest BCUT2D eigenvalue weighted by molar-refractivity contribution is 6.30. The molecular formula is C20H21ClF4N4O4. The Morgan fingerprint density at radius 3 is 2.88 bits per heavy atom. The molecule has 0 bridgehead atoms. The molecule has 0 aliphatic carbocycles. The molecule has 2 heterocycles. The zero-order valence-corrected chi connectivity index (χ0v) is 18.1. The van der Waals surface area contributed by atoms with E-state index in [-0.39, 0.29) is 61.7 Å². The summed E-state index contributed by atoms with van der Waals surface area (Å²) in [4.78, 5) is 13.2. The number of aryl methyl sites for hydroxylation is 1. The summed E-state index contributed by atoms with van der Waals surface area (Å²) in [5, 5.41) is 10.2. The minimum atomic E-state index is -4.30. The van der Waals surface area contributed by atoms with E-state index in [9.17, 15) is 22.4 Å². The summed E-state index contributed by atoms with van der Waals surface area (Å²) in [6.45, 7) is 2.60. The van der Waals surface area contributed by atoms with Gasteiger partial charge >= 0.3 is 6.18 Å². The molecule has 1 fully saturated rings. The Hall–Kier alpha value is -2.70. The van der Waals surface area contributed by atoms with Crippen LogP contribution in [0.4, 0.5) is 17.6 Å². The minimum Gasteiger partial charge on any atom is -0.484 e. The van der Waals surface area contributed by atoms with E-state index in [2.05, 4.69) is 22.1 Å². The minimum absolute atomic E-state index is 0.0125. The molecule has 1 aromatic carbocycles. The van der Waals surface area contributed by atoms with Crippen LogP contribution in [0.3, 0.4) is 0 Å². The van der Waals surface area contributed by atoms with Crippen LogP contribution >= 0.6 is 11.6 Å². The topological polar surface area (TPSA) is 89.7 Å². The van der Waals surface area contributed by atoms with Crippen molar-refractivity contribution in [1.29, 1.82) is 0 Å². The van der Waals surface area contributed by atoms with E-state index in [1.54, 1.807) is 0 Å². The van der Waals surface area contributed by atoms with Gasteiger partial charge in [0, 0.05) is 31.3 Å². The standard InChI is InChI=1S/C20H21ClF4N4O4/c1-12(26-17(30)10-32-13-3-4-14(21)15(22)8-13)2-5-18-27-28-19(33-18)16-9-29(6-7-31-16)11-20(23,24)25/h3-4,8,16H,1-2,5-7,9-11H2,(H,26,30). The van der Waals surface area contributed by atoms with Crippen LogP contribution in [0, 0.1) is 5.82 Å². The predicted octanol–water partition coefficient (Wildman–Crippen LogP) is 3.44. The van der Waals surface area contributed by atoms with E-state index in [4.69, 9.17) is 25.5 Å². The second kappa shape index (κ2) is 10.9. The Labute approximate surface area is 191 Å². The van der Waals surface area contributed by atoms with Crippen LogP contribution in [0.5, 0.6) is 5.75 Å². The largest absolute Gasteiger partial charge is 0.484 e. The van der Waals surface area contributed by atoms with Gasteiger partial charge < -0.3 is 19.2 Å². The summed E-state index contributed by atoms with van der Waals surface area (Å²) in [6, 6.07) is 3.81. The third-order valence-corrected chi connectivity index (χ3v) is 4.84. The van der Waals surface area contributed by atoms with Gasteiger partial charge in [0.05, 0.1) is 18.2 Å². The van der Waals surface area contributed by atoms with Gasteiger partial charge in [0.1, 0.15) is 17.7 Å². The molecule has 8 nitrogen and oxygen atoms in total. The number of hydrogen-bond acceptors (Lipinski definition) is 7. The molecule has 0 radical (unpaired) electrons. The van der Waals surface area contributed by atoms with E-state index in [0.717, 1.165) is 6.07 Å². The Morgan fingerprint density at radius 1 is 1.36 bits per heavy atom. The molecule has 3 rings (SSSR count). The summed E-state index contributed by atoms with van der Waals surface area (Å²) in [5.41, 5.74) is 0.357. The van der Waals surface area contributed by atoms with Crippen molar-refractivity contribution in [3.8, 4) is 5.75 Å². The average molecular weight is 493 g/mol. The molecule has 180 valence electrons. The zero-order chi connectivity index (χ0) is 24.0. The molecule has 13 heteroatoms. The van der Waals surface area contributed by atoms with Crippen LogP contribution in [0.2, 0.25) is 5.02 Å². The average Bonchev–Trinajstić information content (AvgIpc) is 3.21. The van der Waals surface area contributed by atoms with Crippen LogP contribution in [0.25, 0.3) is 0 Å². The summed E-state index contributed by atoms with van der Waals surface area (Å²) in [7, 11) is 0. The van der Waals surface area contributed by atoms with Crippen molar-refractivity contribution in [2.45, 2.75) is 25.1 Å². The summed E-state index contributed by atoms with van der Waals surface area (Å²) < 4.78 is 67.3. The van der Waals surface area contributed by atoms with Crippen LogP contribution in [0.1, 0.15) is 24.3 Å². The molecule has 33 heavy (non-hydrogen) atoms. The molecule has 1 aliphatic rings. The molecule has 1 saturated heterocycles. The maximum atomic E-state index is 13.4. The number of carbonyl (C=O) groups is 1. The fourth-order valence-corrected chi connectivity index (χ4v) is 3.13. The molecule has 1 N–H and O–H groups in total. The smallest absolute Gasteiger partial charge is 0.401 e. The Kier molecular flexibility index (Phi) is 8.27. The molecule has 0 spiro atoms. The number of carbonyl (C=O) groups excluding carboxylic acids is 1. The van der Waals surface area contributed by atoms with E-state index in [1.165, 1.54) is 17.0 Å². The van der Waals surface area contributed by atoms with E-state index in [1.807, 2.05) is 0 Å². The number of hydrogen-bond donors (Lipinski definition) is 1. The Morgan fingerprint density at radius 2 is 2.15 bits per heavy atom. The molecule has 1 unspecified atom stereocenters. The quantitative estimate of drug-likeness (QED) is 0.536. The number of nitrogens with zero attached hydrogens (tertiary/aromatic N) is 3. The van der Waals surface area contributed by atoms with Gasteiger partial charge in [-0.2, -0.15) is 13.2 Å². The molecular weight excluding hydrogens is 472 g/mol. The first-order valence-electron chi connectivity index (χ1n) is 9.87. The third-order valence-electron chi connectivity index (χ3n) is 4.53. The normalized spacial score (nSPS) is 17.1. The predicted molar refractivity (Wildman–Crippen MR) is 108 cm³/mol. The monoisotopic (exact) mass is 492 g/mol. The zero-order valence-electron chi connectivity index (χ0n) is 17.3. The van der Waals surface area contributed by atoms with Crippen LogP contribution in [-0.4, -0.2) is 60.0 Å². The summed E-state index contributed by atoms with van der Waals surface area (Å²) >= 11 is 5.58. The maximum absolute atomic E-state index is 13.4. The van der Waals surface area contributed by atoms with Crippen molar-refractivity contribution in [2.75, 3.05) is 32.8 Å². The van der Waals surface area contributed by atoms with E-state index in [0.29, 0.717) is 5.70 Å². The molecule has 2 aromatic rings. The number of aromatic nitrogens is 2. The second-order valence-electron chi connectivity index (χ2n) is 7.26. The highest BCUT2D eigenvalue weighted by atomic mass is 35.5. The van der Waals surface area contributed by atoms with Crippen LogP contribution in [-0.2, 0) is 16.0 Å². The van der Waals surface area contributed by atoms with E-state index >= 15 is 0 Å². The first-order valence-corrected chi connectivity index (χ1v) is 10.3. The number of halogens is 5. The highest BCUT2D eigenvalue weighted by Crippen LogP contribution is 2.25. The van der Waals surface area contributed by atoms with Gasteiger partial charge in [-0.3, -0.25) is 9.69 Å². The fraction of sp³-hybridized carbons (Fsp3) is 0.450. The lowest BCUT2D eigenvalue weighted by Gasteiger charge is -2.31.